The van der Waals surface area contributed by atoms with Gasteiger partial charge in [0.05, 0.1) is 13.2 Å². The summed E-state index contributed by atoms with van der Waals surface area (Å²) in [6, 6.07) is -1.56. The molecule has 12 heteroatoms. The predicted molar refractivity (Wildman–Crippen MR) is 217 cm³/mol. The molecule has 0 fully saturated rings. The number of aliphatic hydroxyl groups is 1. The maximum Gasteiger partial charge on any atom is 0.472 e. The molecular formula is C42H72NO10P. The third-order valence-electron chi connectivity index (χ3n) is 8.29. The molecule has 0 radical (unpaired) electrons. The number of aliphatic hydroxyl groups excluding tert-OH is 1. The van der Waals surface area contributed by atoms with Crippen LogP contribution in [0.3, 0.4) is 0 Å². The fourth-order valence-electron chi connectivity index (χ4n) is 5.12. The number of phosphoric acid groups is 1. The van der Waals surface area contributed by atoms with E-state index in [1.807, 2.05) is 0 Å². The van der Waals surface area contributed by atoms with E-state index in [0.717, 1.165) is 77.0 Å². The molecule has 0 aromatic carbocycles. The molecule has 0 aliphatic heterocycles. The molecule has 3 atom stereocenters. The Morgan fingerprint density at radius 2 is 1.07 bits per heavy atom. The molecule has 310 valence electrons. The molecule has 0 heterocycles. The van der Waals surface area contributed by atoms with Gasteiger partial charge in [0, 0.05) is 12.8 Å². The Kier molecular flexibility index (Phi) is 35.2. The number of carbonyl (C=O) groups excluding carboxylic acids is 2. The van der Waals surface area contributed by atoms with E-state index in [0.29, 0.717) is 12.8 Å². The van der Waals surface area contributed by atoms with E-state index in [1.54, 1.807) is 0 Å². The molecule has 0 aromatic heterocycles. The molecule has 0 aliphatic rings. The number of hydrogen-bond donors (Lipinski definition) is 4. The van der Waals surface area contributed by atoms with Gasteiger partial charge in [-0.15, -0.1) is 0 Å². The Morgan fingerprint density at radius 1 is 0.611 bits per heavy atom. The van der Waals surface area contributed by atoms with Crippen molar-refractivity contribution >= 4 is 25.7 Å². The molecular weight excluding hydrogens is 709 g/mol. The standard InChI is InChI=1S/C42H72NO10P/c1-3-5-7-9-11-13-15-17-19-21-23-25-27-29-31-33-40(45)43-39(42(47)48)37-53-54(49,50)52-36-38(44)35-51-41(46)34-32-30-28-26-24-22-20-18-16-14-12-10-8-6-4-2/h6,8,12,14,17-20,24,26,38-39,44H,3-5,7,9-11,13,15-16,21-23,25,27-37H2,1-2H3,(H,43,45)(H,47,48)(H,49,50)/b8-6-,14-12-,19-17-,20-18-,26-24-. The van der Waals surface area contributed by atoms with Crippen LogP contribution in [0.15, 0.2) is 60.8 Å². The molecule has 1 amide bonds. The van der Waals surface area contributed by atoms with Crippen LogP contribution in [0, 0.1) is 0 Å². The highest BCUT2D eigenvalue weighted by molar-refractivity contribution is 7.47. The van der Waals surface area contributed by atoms with Crippen molar-refractivity contribution in [3.8, 4) is 0 Å². The molecule has 0 aromatic rings. The summed E-state index contributed by atoms with van der Waals surface area (Å²) in [5.74, 6) is -2.44. The number of carboxylic acid groups (broad SMARTS) is 1. The average Bonchev–Trinajstić information content (AvgIpc) is 3.14. The number of ether oxygens (including phenoxy) is 1. The summed E-state index contributed by atoms with van der Waals surface area (Å²) in [6.45, 7) is 2.40. The average molecular weight is 782 g/mol. The summed E-state index contributed by atoms with van der Waals surface area (Å²) < 4.78 is 26.7. The van der Waals surface area contributed by atoms with Gasteiger partial charge < -0.3 is 25.2 Å². The zero-order chi connectivity index (χ0) is 40.0. The molecule has 3 unspecified atom stereocenters. The summed E-state index contributed by atoms with van der Waals surface area (Å²) in [6.07, 6.45) is 41.1. The van der Waals surface area contributed by atoms with Crippen LogP contribution in [0.1, 0.15) is 155 Å². The molecule has 0 bridgehead atoms. The van der Waals surface area contributed by atoms with Crippen molar-refractivity contribution in [3.63, 3.8) is 0 Å². The molecule has 0 aliphatic carbocycles. The summed E-state index contributed by atoms with van der Waals surface area (Å²) in [5, 5.41) is 21.8. The number of rotatable bonds is 37. The van der Waals surface area contributed by atoms with Crippen molar-refractivity contribution in [2.24, 2.45) is 0 Å². The van der Waals surface area contributed by atoms with E-state index in [9.17, 15) is 34.1 Å². The molecule has 54 heavy (non-hydrogen) atoms. The largest absolute Gasteiger partial charge is 0.480 e. The van der Waals surface area contributed by atoms with Gasteiger partial charge in [-0.05, 0) is 77.0 Å². The maximum atomic E-state index is 12.3. The van der Waals surface area contributed by atoms with Gasteiger partial charge in [0.1, 0.15) is 12.7 Å². The summed E-state index contributed by atoms with van der Waals surface area (Å²) >= 11 is 0. The second-order valence-electron chi connectivity index (χ2n) is 13.4. The number of nitrogens with one attached hydrogen (secondary N) is 1. The number of carboxylic acids is 1. The van der Waals surface area contributed by atoms with E-state index in [2.05, 4.69) is 79.9 Å². The van der Waals surface area contributed by atoms with E-state index < -0.39 is 57.6 Å². The number of aliphatic carboxylic acids is 1. The van der Waals surface area contributed by atoms with Gasteiger partial charge in [-0.1, -0.05) is 126 Å². The Hall–Kier alpha value is -2.82. The van der Waals surface area contributed by atoms with Crippen LogP contribution in [0.2, 0.25) is 0 Å². The highest BCUT2D eigenvalue weighted by Gasteiger charge is 2.28. The second-order valence-corrected chi connectivity index (χ2v) is 14.9. The highest BCUT2D eigenvalue weighted by atomic mass is 31.2. The quantitative estimate of drug-likeness (QED) is 0.0206. The van der Waals surface area contributed by atoms with Crippen LogP contribution >= 0.6 is 7.82 Å². The first-order valence-corrected chi connectivity index (χ1v) is 21.8. The minimum Gasteiger partial charge on any atom is -0.480 e. The van der Waals surface area contributed by atoms with Crippen molar-refractivity contribution in [2.45, 2.75) is 167 Å². The van der Waals surface area contributed by atoms with Crippen LogP contribution in [0.4, 0.5) is 0 Å². The predicted octanol–water partition coefficient (Wildman–Crippen LogP) is 10.00. The first-order chi connectivity index (χ1) is 26.1. The van der Waals surface area contributed by atoms with Crippen LogP contribution < -0.4 is 5.32 Å². The van der Waals surface area contributed by atoms with Gasteiger partial charge in [0.25, 0.3) is 0 Å². The van der Waals surface area contributed by atoms with Crippen molar-refractivity contribution < 1.29 is 47.8 Å². The van der Waals surface area contributed by atoms with Gasteiger partial charge >= 0.3 is 19.8 Å². The van der Waals surface area contributed by atoms with E-state index in [1.165, 1.54) is 38.5 Å². The topological polar surface area (TPSA) is 169 Å². The minimum absolute atomic E-state index is 0.130. The smallest absolute Gasteiger partial charge is 0.472 e. The van der Waals surface area contributed by atoms with Gasteiger partial charge in [-0.25, -0.2) is 9.36 Å². The lowest BCUT2D eigenvalue weighted by molar-refractivity contribution is -0.147. The molecule has 0 rings (SSSR count). The fourth-order valence-corrected chi connectivity index (χ4v) is 5.89. The van der Waals surface area contributed by atoms with Crippen molar-refractivity contribution in [3.05, 3.63) is 60.8 Å². The second kappa shape index (κ2) is 37.1. The number of esters is 1. The summed E-state index contributed by atoms with van der Waals surface area (Å²) in [4.78, 5) is 45.8. The van der Waals surface area contributed by atoms with Crippen molar-refractivity contribution in [2.75, 3.05) is 19.8 Å². The first-order valence-electron chi connectivity index (χ1n) is 20.3. The lowest BCUT2D eigenvalue weighted by Gasteiger charge is -2.18. The maximum absolute atomic E-state index is 12.3. The fraction of sp³-hybridized carbons (Fsp3) is 0.690. The number of allylic oxidation sites excluding steroid dienone is 10. The molecule has 0 saturated heterocycles. The lowest BCUT2D eigenvalue weighted by atomic mass is 10.1. The van der Waals surface area contributed by atoms with E-state index >= 15 is 0 Å². The van der Waals surface area contributed by atoms with Crippen LogP contribution in [0.5, 0.6) is 0 Å². The highest BCUT2D eigenvalue weighted by Crippen LogP contribution is 2.43. The van der Waals surface area contributed by atoms with E-state index in [4.69, 9.17) is 13.8 Å². The molecule has 0 saturated carbocycles. The van der Waals surface area contributed by atoms with E-state index in [-0.39, 0.29) is 12.8 Å². The molecule has 4 N–H and O–H groups in total. The minimum atomic E-state index is -4.77. The van der Waals surface area contributed by atoms with Crippen LogP contribution in [-0.2, 0) is 32.7 Å². The number of carbonyl (C=O) groups is 3. The lowest BCUT2D eigenvalue weighted by Crippen LogP contribution is -2.43. The summed E-state index contributed by atoms with van der Waals surface area (Å²) in [5.41, 5.74) is 0. The monoisotopic (exact) mass is 781 g/mol. The first kappa shape index (κ1) is 51.2. The third-order valence-corrected chi connectivity index (χ3v) is 9.24. The zero-order valence-corrected chi connectivity index (χ0v) is 34.1. The normalized spacial score (nSPS) is 14.4. The van der Waals surface area contributed by atoms with Crippen LogP contribution in [0.25, 0.3) is 0 Å². The van der Waals surface area contributed by atoms with Crippen molar-refractivity contribution in [1.29, 1.82) is 0 Å². The number of hydrogen-bond acceptors (Lipinski definition) is 8. The molecule has 0 spiro atoms. The van der Waals surface area contributed by atoms with Gasteiger partial charge in [0.15, 0.2) is 6.04 Å². The zero-order valence-electron chi connectivity index (χ0n) is 33.3. The number of phosphoric ester groups is 1. The Balaban J connectivity index is 4.02. The third kappa shape index (κ3) is 36.2. The Bertz CT molecular complexity index is 1150. The van der Waals surface area contributed by atoms with Crippen molar-refractivity contribution in [1.82, 2.24) is 5.32 Å². The van der Waals surface area contributed by atoms with Gasteiger partial charge in [-0.2, -0.15) is 0 Å². The number of amides is 1. The molecule has 11 nitrogen and oxygen atoms in total. The number of unbranched alkanes of at least 4 members (excludes halogenated alkanes) is 13. The summed E-state index contributed by atoms with van der Waals surface area (Å²) in [7, 11) is -4.77. The Morgan fingerprint density at radius 3 is 1.65 bits per heavy atom. The van der Waals surface area contributed by atoms with Gasteiger partial charge in [0.2, 0.25) is 5.91 Å². The van der Waals surface area contributed by atoms with Gasteiger partial charge in [-0.3, -0.25) is 18.6 Å². The van der Waals surface area contributed by atoms with Crippen LogP contribution in [-0.4, -0.2) is 64.9 Å². The Labute approximate surface area is 326 Å². The SMILES string of the molecule is CC/C=C\C/C=C\C/C=C\C/C=C\CCCCC(=O)OCC(O)COP(=O)(O)OCC(NC(=O)CCCCCCC/C=C\CCCCCCCC)C(=O)O.